The summed E-state index contributed by atoms with van der Waals surface area (Å²) < 4.78 is 13.3. The van der Waals surface area contributed by atoms with E-state index in [9.17, 15) is 4.39 Å². The molecule has 0 aliphatic rings. The second kappa shape index (κ2) is 4.34. The molecule has 0 spiro atoms. The van der Waals surface area contributed by atoms with Gasteiger partial charge in [0.05, 0.1) is 0 Å². The van der Waals surface area contributed by atoms with E-state index in [-0.39, 0.29) is 29.8 Å². The van der Waals surface area contributed by atoms with Crippen LogP contribution in [-0.4, -0.2) is 0 Å². The van der Waals surface area contributed by atoms with Crippen LogP contribution in [0, 0.1) is 5.82 Å². The molecule has 1 aromatic carbocycles. The van der Waals surface area contributed by atoms with Crippen LogP contribution in [0.1, 0.15) is 0 Å². The molecular weight excluding hydrogens is 283 g/mol. The largest absolute Gasteiger partial charge is 0.107 e. The molecule has 0 amide bonds. The fourth-order valence-corrected chi connectivity index (χ4v) is 0.979. The van der Waals surface area contributed by atoms with Gasteiger partial charge in [-0.15, -0.1) is 24.0 Å². The van der Waals surface area contributed by atoms with Crippen molar-refractivity contribution in [3.05, 3.63) is 30.1 Å². The first-order valence-corrected chi connectivity index (χ1v) is 3.85. The van der Waals surface area contributed by atoms with E-state index in [1.807, 2.05) is 0 Å². The van der Waals surface area contributed by atoms with E-state index in [4.69, 9.17) is 0 Å². The quantitative estimate of drug-likeness (QED) is 0.503. The molecule has 0 aliphatic heterocycles. The first-order chi connectivity index (χ1) is 3.79. The van der Waals surface area contributed by atoms with E-state index in [0.29, 0.717) is 0 Å². The van der Waals surface area contributed by atoms with Crippen LogP contribution >= 0.6 is 24.0 Å². The molecular formula is C6H5FIZn. The molecule has 0 radical (unpaired) electrons. The van der Waals surface area contributed by atoms with E-state index in [0.717, 1.165) is 18.3 Å². The predicted molar refractivity (Wildman–Crippen MR) is 41.4 cm³/mol. The van der Waals surface area contributed by atoms with Gasteiger partial charge in [-0.3, -0.25) is 0 Å². The van der Waals surface area contributed by atoms with E-state index < -0.39 is 0 Å². The summed E-state index contributed by atoms with van der Waals surface area (Å²) in [6.07, 6.45) is 0. The summed E-state index contributed by atoms with van der Waals surface area (Å²) in [5, 5.41) is 0. The minimum Gasteiger partial charge on any atom is -0.107 e. The molecule has 0 saturated heterocycles. The minimum atomic E-state index is -0.151. The fraction of sp³-hybridized carbons (Fsp3) is 0. The monoisotopic (exact) mass is 287 g/mol. The number of halogens is 2. The smallest absolute Gasteiger partial charge is 0.107 e. The Kier molecular flexibility index (Phi) is 4.58. The molecule has 45 valence electrons. The van der Waals surface area contributed by atoms with Gasteiger partial charge in [-0.2, -0.15) is 0 Å². The Morgan fingerprint density at radius 2 is 1.56 bits per heavy atom. The van der Waals surface area contributed by atoms with Crippen LogP contribution in [0.3, 0.4) is 0 Å². The van der Waals surface area contributed by atoms with E-state index in [1.54, 1.807) is 12.1 Å². The molecule has 0 aliphatic carbocycles. The third-order valence-corrected chi connectivity index (χ3v) is 1.90. The SMILES string of the molecule is Fc1cc[c]([Zn])cc1.I. The summed E-state index contributed by atoms with van der Waals surface area (Å²) in [4.78, 5) is 0. The van der Waals surface area contributed by atoms with Crippen molar-refractivity contribution < 1.29 is 22.7 Å². The first kappa shape index (κ1) is 9.50. The summed E-state index contributed by atoms with van der Waals surface area (Å²) >= 11 is 1.10. The van der Waals surface area contributed by atoms with Crippen molar-refractivity contribution in [3.8, 4) is 0 Å². The van der Waals surface area contributed by atoms with Crippen LogP contribution in [0.15, 0.2) is 24.3 Å². The van der Waals surface area contributed by atoms with Gasteiger partial charge in [0, 0.05) is 0 Å². The maximum Gasteiger partial charge on any atom is -0.107 e. The van der Waals surface area contributed by atoms with Crippen molar-refractivity contribution in [2.75, 3.05) is 0 Å². The number of rotatable bonds is 0. The van der Waals surface area contributed by atoms with Crippen molar-refractivity contribution in [1.29, 1.82) is 0 Å². The molecule has 0 unspecified atom stereocenters. The van der Waals surface area contributed by atoms with Crippen LogP contribution in [0.2, 0.25) is 0 Å². The molecule has 1 aromatic rings. The molecule has 0 atom stereocenters. The van der Waals surface area contributed by atoms with Crippen molar-refractivity contribution in [2.45, 2.75) is 0 Å². The van der Waals surface area contributed by atoms with Crippen molar-refractivity contribution in [3.63, 3.8) is 0 Å². The van der Waals surface area contributed by atoms with Gasteiger partial charge < -0.3 is 0 Å². The number of hydrogen-bond acceptors (Lipinski definition) is 0. The third kappa shape index (κ3) is 3.26. The molecule has 0 nitrogen and oxygen atoms in total. The number of benzene rings is 1. The van der Waals surface area contributed by atoms with Crippen LogP contribution in [0.5, 0.6) is 0 Å². The fourth-order valence-electron chi connectivity index (χ4n) is 0.484. The van der Waals surface area contributed by atoms with Crippen LogP contribution in [-0.2, 0) is 18.3 Å². The van der Waals surface area contributed by atoms with Gasteiger partial charge >= 0.3 is 56.9 Å². The van der Waals surface area contributed by atoms with Crippen molar-refractivity contribution in [1.82, 2.24) is 0 Å². The Morgan fingerprint density at radius 1 is 1.11 bits per heavy atom. The average Bonchev–Trinajstić information content (AvgIpc) is 1.77. The second-order valence-electron chi connectivity index (χ2n) is 1.63. The minimum absolute atomic E-state index is 0. The summed E-state index contributed by atoms with van der Waals surface area (Å²) in [6, 6.07) is 6.57. The van der Waals surface area contributed by atoms with Gasteiger partial charge in [0.25, 0.3) is 0 Å². The average molecular weight is 288 g/mol. The Morgan fingerprint density at radius 3 is 1.89 bits per heavy atom. The summed E-state index contributed by atoms with van der Waals surface area (Å²) in [6.45, 7) is 0. The van der Waals surface area contributed by atoms with Crippen LogP contribution in [0.25, 0.3) is 0 Å². The van der Waals surface area contributed by atoms with Crippen LogP contribution in [0.4, 0.5) is 4.39 Å². The molecule has 0 aromatic heterocycles. The van der Waals surface area contributed by atoms with E-state index in [2.05, 4.69) is 0 Å². The molecule has 9 heavy (non-hydrogen) atoms. The zero-order valence-corrected chi connectivity index (χ0v) is 10.1. The van der Waals surface area contributed by atoms with Crippen LogP contribution < -0.4 is 4.16 Å². The van der Waals surface area contributed by atoms with Gasteiger partial charge in [0.15, 0.2) is 0 Å². The Hall–Kier alpha value is 0.503. The Bertz CT molecular complexity index is 152. The molecule has 0 N–H and O–H groups in total. The van der Waals surface area contributed by atoms with Crippen molar-refractivity contribution in [2.24, 2.45) is 0 Å². The summed E-state index contributed by atoms with van der Waals surface area (Å²) in [5.74, 6) is -0.151. The molecule has 1 rings (SSSR count). The topological polar surface area (TPSA) is 0 Å². The van der Waals surface area contributed by atoms with Crippen molar-refractivity contribution >= 4 is 28.1 Å². The molecule has 0 bridgehead atoms. The first-order valence-electron chi connectivity index (χ1n) is 2.36. The predicted octanol–water partition coefficient (Wildman–Crippen LogP) is 1.62. The van der Waals surface area contributed by atoms with E-state index in [1.165, 1.54) is 16.3 Å². The zero-order valence-electron chi connectivity index (χ0n) is 4.80. The number of hydrogen-bond donors (Lipinski definition) is 0. The summed E-state index contributed by atoms with van der Waals surface area (Å²) in [7, 11) is 0. The van der Waals surface area contributed by atoms with Gasteiger partial charge in [0.2, 0.25) is 0 Å². The molecule has 0 saturated carbocycles. The Balaban J connectivity index is 0.000000640. The van der Waals surface area contributed by atoms with Gasteiger partial charge in [-0.1, -0.05) is 0 Å². The van der Waals surface area contributed by atoms with Gasteiger partial charge in [-0.25, -0.2) is 0 Å². The van der Waals surface area contributed by atoms with Gasteiger partial charge in [-0.05, 0) is 0 Å². The van der Waals surface area contributed by atoms with Gasteiger partial charge in [0.1, 0.15) is 0 Å². The zero-order chi connectivity index (χ0) is 5.98. The molecule has 0 heterocycles. The van der Waals surface area contributed by atoms with E-state index >= 15 is 0 Å². The standard InChI is InChI=1S/C6H4F.HI.Zn/c7-6-4-2-1-3-5-6;;/h2-5H;1H;. The maximum absolute atomic E-state index is 12.1. The third-order valence-electron chi connectivity index (χ3n) is 0.913. The second-order valence-corrected chi connectivity index (χ2v) is 3.34. The molecule has 0 fully saturated rings. The maximum atomic E-state index is 12.1. The Labute approximate surface area is 80.5 Å². The summed E-state index contributed by atoms with van der Waals surface area (Å²) in [5.41, 5.74) is 0. The molecule has 3 heteroatoms. The normalized spacial score (nSPS) is 8.33.